The zero-order valence-electron chi connectivity index (χ0n) is 16.8. The summed E-state index contributed by atoms with van der Waals surface area (Å²) in [7, 11) is -3.76. The Hall–Kier alpha value is -2.22. The molecule has 7 heteroatoms. The van der Waals surface area contributed by atoms with E-state index < -0.39 is 10.0 Å². The molecule has 0 N–H and O–H groups in total. The minimum Gasteiger partial charge on any atom is -0.301 e. The molecule has 1 saturated heterocycles. The van der Waals surface area contributed by atoms with Gasteiger partial charge in [-0.15, -0.1) is 0 Å². The summed E-state index contributed by atoms with van der Waals surface area (Å²) < 4.78 is 41.3. The first kappa shape index (κ1) is 20.1. The van der Waals surface area contributed by atoms with E-state index in [-0.39, 0.29) is 10.7 Å². The number of aromatic nitrogens is 1. The molecular formula is C22H26FN3O2S. The maximum atomic E-state index is 13.5. The van der Waals surface area contributed by atoms with E-state index in [0.29, 0.717) is 10.9 Å². The molecule has 0 unspecified atom stereocenters. The van der Waals surface area contributed by atoms with Crippen LogP contribution in [0.1, 0.15) is 18.1 Å². The fraction of sp³-hybridized carbons (Fsp3) is 0.364. The number of rotatable bonds is 5. The van der Waals surface area contributed by atoms with Gasteiger partial charge in [-0.05, 0) is 61.0 Å². The van der Waals surface area contributed by atoms with E-state index in [0.717, 1.165) is 50.4 Å². The smallest absolute Gasteiger partial charge is 0.268 e. The highest BCUT2D eigenvalue weighted by Gasteiger charge is 2.21. The summed E-state index contributed by atoms with van der Waals surface area (Å²) in [5.41, 5.74) is 2.59. The average molecular weight is 416 g/mol. The first-order chi connectivity index (χ1) is 13.9. The Labute approximate surface area is 171 Å². The van der Waals surface area contributed by atoms with Gasteiger partial charge in [0.05, 0.1) is 10.4 Å². The van der Waals surface area contributed by atoms with E-state index in [1.807, 2.05) is 13.0 Å². The standard InChI is InChI=1S/C22H26FN3O2S/c1-3-24-10-12-25(13-11-24)16-19-15-21(6-4-17(19)2)29(27,28)26-9-8-18-14-20(23)5-7-22(18)26/h4-9,14-15H,3,10-13,16H2,1-2H3. The van der Waals surface area contributed by atoms with Gasteiger partial charge in [0.25, 0.3) is 10.0 Å². The maximum absolute atomic E-state index is 13.5. The van der Waals surface area contributed by atoms with Crippen LogP contribution in [0, 0.1) is 12.7 Å². The lowest BCUT2D eigenvalue weighted by Gasteiger charge is -2.34. The molecule has 0 radical (unpaired) electrons. The normalized spacial score (nSPS) is 16.5. The minimum atomic E-state index is -3.76. The predicted molar refractivity (Wildman–Crippen MR) is 113 cm³/mol. The molecule has 29 heavy (non-hydrogen) atoms. The first-order valence-electron chi connectivity index (χ1n) is 9.95. The average Bonchev–Trinajstić information content (AvgIpc) is 3.14. The molecule has 1 aliphatic rings. The van der Waals surface area contributed by atoms with E-state index >= 15 is 0 Å². The summed E-state index contributed by atoms with van der Waals surface area (Å²) in [6.45, 7) is 10.0. The van der Waals surface area contributed by atoms with Crippen LogP contribution >= 0.6 is 0 Å². The Bertz CT molecular complexity index is 1130. The molecule has 0 saturated carbocycles. The van der Waals surface area contributed by atoms with E-state index in [1.165, 1.54) is 28.4 Å². The molecule has 2 aromatic carbocycles. The quantitative estimate of drug-likeness (QED) is 0.640. The number of hydrogen-bond donors (Lipinski definition) is 0. The lowest BCUT2D eigenvalue weighted by atomic mass is 10.1. The highest BCUT2D eigenvalue weighted by atomic mass is 32.2. The molecule has 1 fully saturated rings. The van der Waals surface area contributed by atoms with Gasteiger partial charge in [0.15, 0.2) is 0 Å². The predicted octanol–water partition coefficient (Wildman–Crippen LogP) is 3.46. The molecule has 0 amide bonds. The monoisotopic (exact) mass is 415 g/mol. The number of piperazine rings is 1. The fourth-order valence-electron chi connectivity index (χ4n) is 3.89. The molecule has 0 aliphatic carbocycles. The van der Waals surface area contributed by atoms with E-state index in [9.17, 15) is 12.8 Å². The molecule has 154 valence electrons. The fourth-order valence-corrected chi connectivity index (χ4v) is 5.30. The number of fused-ring (bicyclic) bond motifs is 1. The number of benzene rings is 2. The zero-order valence-corrected chi connectivity index (χ0v) is 17.6. The van der Waals surface area contributed by atoms with Crippen LogP contribution in [0.2, 0.25) is 0 Å². The third-order valence-corrected chi connectivity index (χ3v) is 7.49. The Balaban J connectivity index is 1.63. The summed E-state index contributed by atoms with van der Waals surface area (Å²) in [6.07, 6.45) is 1.49. The molecular weight excluding hydrogens is 389 g/mol. The third-order valence-electron chi connectivity index (χ3n) is 5.80. The van der Waals surface area contributed by atoms with Crippen molar-refractivity contribution in [2.24, 2.45) is 0 Å². The Morgan fingerprint density at radius 1 is 0.966 bits per heavy atom. The van der Waals surface area contributed by atoms with Gasteiger partial charge < -0.3 is 4.90 Å². The van der Waals surface area contributed by atoms with Crippen LogP contribution in [0.25, 0.3) is 10.9 Å². The molecule has 0 atom stereocenters. The Kier molecular flexibility index (Phi) is 5.46. The summed E-state index contributed by atoms with van der Waals surface area (Å²) in [5, 5.41) is 0.565. The largest absolute Gasteiger partial charge is 0.301 e. The lowest BCUT2D eigenvalue weighted by Crippen LogP contribution is -2.45. The third kappa shape index (κ3) is 3.95. The second-order valence-electron chi connectivity index (χ2n) is 7.62. The summed E-state index contributed by atoms with van der Waals surface area (Å²) in [6, 6.07) is 11.1. The van der Waals surface area contributed by atoms with Crippen molar-refractivity contribution in [1.82, 2.24) is 13.8 Å². The Morgan fingerprint density at radius 2 is 1.69 bits per heavy atom. The molecule has 5 nitrogen and oxygen atoms in total. The van der Waals surface area contributed by atoms with Crippen molar-refractivity contribution in [3.05, 3.63) is 65.6 Å². The lowest BCUT2D eigenvalue weighted by molar-refractivity contribution is 0.131. The molecule has 0 bridgehead atoms. The first-order valence-corrected chi connectivity index (χ1v) is 11.4. The Morgan fingerprint density at radius 3 is 2.41 bits per heavy atom. The van der Waals surface area contributed by atoms with Crippen LogP contribution in [-0.2, 0) is 16.6 Å². The highest BCUT2D eigenvalue weighted by molar-refractivity contribution is 7.90. The maximum Gasteiger partial charge on any atom is 0.268 e. The van der Waals surface area contributed by atoms with E-state index in [2.05, 4.69) is 16.7 Å². The molecule has 1 aromatic heterocycles. The number of likely N-dealkylation sites (N-methyl/N-ethyl adjacent to an activating group) is 1. The van der Waals surface area contributed by atoms with Crippen molar-refractivity contribution < 1.29 is 12.8 Å². The van der Waals surface area contributed by atoms with Crippen molar-refractivity contribution in [2.75, 3.05) is 32.7 Å². The zero-order chi connectivity index (χ0) is 20.6. The highest BCUT2D eigenvalue weighted by Crippen LogP contribution is 2.25. The van der Waals surface area contributed by atoms with Crippen molar-refractivity contribution in [1.29, 1.82) is 0 Å². The SMILES string of the molecule is CCN1CCN(Cc2cc(S(=O)(=O)n3ccc4cc(F)ccc43)ccc2C)CC1. The van der Waals surface area contributed by atoms with E-state index in [1.54, 1.807) is 18.2 Å². The topological polar surface area (TPSA) is 45.6 Å². The van der Waals surface area contributed by atoms with Gasteiger partial charge in [-0.25, -0.2) is 16.8 Å². The van der Waals surface area contributed by atoms with Crippen LogP contribution in [0.3, 0.4) is 0 Å². The second-order valence-corrected chi connectivity index (χ2v) is 9.43. The summed E-state index contributed by atoms with van der Waals surface area (Å²) >= 11 is 0. The molecule has 1 aliphatic heterocycles. The molecule has 3 aromatic rings. The van der Waals surface area contributed by atoms with Gasteiger partial charge in [-0.1, -0.05) is 13.0 Å². The van der Waals surface area contributed by atoms with Crippen molar-refractivity contribution in [3.8, 4) is 0 Å². The van der Waals surface area contributed by atoms with Gasteiger partial charge in [-0.2, -0.15) is 0 Å². The minimum absolute atomic E-state index is 0.257. The van der Waals surface area contributed by atoms with Gasteiger partial charge in [0.1, 0.15) is 5.82 Å². The number of nitrogens with zero attached hydrogens (tertiary/aromatic N) is 3. The van der Waals surface area contributed by atoms with Crippen molar-refractivity contribution >= 4 is 20.9 Å². The summed E-state index contributed by atoms with van der Waals surface area (Å²) in [5.74, 6) is -0.381. The van der Waals surface area contributed by atoms with Crippen molar-refractivity contribution in [3.63, 3.8) is 0 Å². The molecule has 0 spiro atoms. The van der Waals surface area contributed by atoms with Gasteiger partial charge >= 0.3 is 0 Å². The molecule has 4 rings (SSSR count). The summed E-state index contributed by atoms with van der Waals surface area (Å²) in [4.78, 5) is 5.05. The van der Waals surface area contributed by atoms with Crippen LogP contribution in [0.15, 0.2) is 53.6 Å². The second kappa shape index (κ2) is 7.89. The van der Waals surface area contributed by atoms with Crippen LogP contribution in [0.5, 0.6) is 0 Å². The number of halogens is 1. The van der Waals surface area contributed by atoms with Crippen LogP contribution in [0.4, 0.5) is 4.39 Å². The van der Waals surface area contributed by atoms with Crippen LogP contribution < -0.4 is 0 Å². The van der Waals surface area contributed by atoms with Crippen LogP contribution in [-0.4, -0.2) is 54.9 Å². The molecule has 2 heterocycles. The number of aryl methyl sites for hydroxylation is 1. The number of hydrogen-bond acceptors (Lipinski definition) is 4. The van der Waals surface area contributed by atoms with Gasteiger partial charge in [0, 0.05) is 44.3 Å². The van der Waals surface area contributed by atoms with Gasteiger partial charge in [0.2, 0.25) is 0 Å². The van der Waals surface area contributed by atoms with E-state index in [4.69, 9.17) is 0 Å². The van der Waals surface area contributed by atoms with Crippen molar-refractivity contribution in [2.45, 2.75) is 25.3 Å². The van der Waals surface area contributed by atoms with Gasteiger partial charge in [-0.3, -0.25) is 4.90 Å².